The van der Waals surface area contributed by atoms with E-state index in [9.17, 15) is 13.2 Å². The van der Waals surface area contributed by atoms with E-state index >= 15 is 0 Å². The van der Waals surface area contributed by atoms with Gasteiger partial charge in [0.15, 0.2) is 0 Å². The monoisotopic (exact) mass is 465 g/mol. The summed E-state index contributed by atoms with van der Waals surface area (Å²) in [4.78, 5) is 15.3. The minimum Gasteiger partial charge on any atom is -0.495 e. The molecule has 7 nitrogen and oxygen atoms in total. The summed E-state index contributed by atoms with van der Waals surface area (Å²) in [5.74, 6) is 0.0351. The highest BCUT2D eigenvalue weighted by Gasteiger charge is 2.21. The zero-order valence-corrected chi connectivity index (χ0v) is 19.7. The topological polar surface area (TPSA) is 79.0 Å². The predicted molar refractivity (Wildman–Crippen MR) is 129 cm³/mol. The molecule has 0 aliphatic carbocycles. The standard InChI is InChI=1S/C25H27N3O4S/c1-27(2)33(30,31)22-12-13-24(32-3)23(16-22)26-25(29)19-8-10-21(11-9-19)28-15-14-18-6-4-5-7-20(18)17-28/h4-13,16H,14-15,17H2,1-3H3,(H,26,29). The molecule has 4 rings (SSSR count). The van der Waals surface area contributed by atoms with E-state index < -0.39 is 10.0 Å². The van der Waals surface area contributed by atoms with Crippen LogP contribution < -0.4 is 15.0 Å². The molecule has 0 atom stereocenters. The second-order valence-corrected chi connectivity index (χ2v) is 10.2. The molecule has 0 aromatic heterocycles. The number of nitrogens with one attached hydrogen (secondary N) is 1. The molecule has 0 saturated carbocycles. The Hall–Kier alpha value is -3.36. The third-order valence-corrected chi connectivity index (χ3v) is 7.63. The van der Waals surface area contributed by atoms with Gasteiger partial charge in [0.1, 0.15) is 5.75 Å². The number of hydrogen-bond donors (Lipinski definition) is 1. The van der Waals surface area contributed by atoms with Gasteiger partial charge >= 0.3 is 0 Å². The lowest BCUT2D eigenvalue weighted by Gasteiger charge is -2.30. The van der Waals surface area contributed by atoms with Crippen LogP contribution in [0.25, 0.3) is 0 Å². The Balaban J connectivity index is 1.52. The molecule has 0 spiro atoms. The first-order chi connectivity index (χ1) is 15.8. The third-order valence-electron chi connectivity index (χ3n) is 5.82. The van der Waals surface area contributed by atoms with Crippen LogP contribution in [0.15, 0.2) is 71.6 Å². The van der Waals surface area contributed by atoms with E-state index in [4.69, 9.17) is 4.74 Å². The number of ether oxygens (including phenoxy) is 1. The fraction of sp³-hybridized carbons (Fsp3) is 0.240. The number of anilines is 2. The van der Waals surface area contributed by atoms with E-state index in [1.165, 1.54) is 50.5 Å². The van der Waals surface area contributed by atoms with E-state index in [-0.39, 0.29) is 10.8 Å². The van der Waals surface area contributed by atoms with Crippen molar-refractivity contribution in [1.29, 1.82) is 0 Å². The average Bonchev–Trinajstić information content (AvgIpc) is 2.83. The van der Waals surface area contributed by atoms with Crippen LogP contribution in [0.1, 0.15) is 21.5 Å². The van der Waals surface area contributed by atoms with E-state index in [1.807, 2.05) is 12.1 Å². The van der Waals surface area contributed by atoms with Crippen LogP contribution >= 0.6 is 0 Å². The van der Waals surface area contributed by atoms with Gasteiger partial charge in [-0.3, -0.25) is 4.79 Å². The highest BCUT2D eigenvalue weighted by atomic mass is 32.2. The largest absolute Gasteiger partial charge is 0.495 e. The summed E-state index contributed by atoms with van der Waals surface area (Å²) in [6.07, 6.45) is 0.990. The van der Waals surface area contributed by atoms with Crippen LogP contribution in [-0.4, -0.2) is 46.4 Å². The molecule has 1 heterocycles. The number of sulfonamides is 1. The number of fused-ring (bicyclic) bond motifs is 1. The Morgan fingerprint density at radius 3 is 2.36 bits per heavy atom. The number of methoxy groups -OCH3 is 1. The molecule has 33 heavy (non-hydrogen) atoms. The van der Waals surface area contributed by atoms with Crippen molar-refractivity contribution in [3.8, 4) is 5.75 Å². The maximum absolute atomic E-state index is 12.9. The van der Waals surface area contributed by atoms with Crippen molar-refractivity contribution in [1.82, 2.24) is 4.31 Å². The second-order valence-electron chi connectivity index (χ2n) is 8.09. The maximum Gasteiger partial charge on any atom is 0.255 e. The molecule has 0 fully saturated rings. The van der Waals surface area contributed by atoms with Crippen LogP contribution in [0.4, 0.5) is 11.4 Å². The molecular weight excluding hydrogens is 438 g/mol. The quantitative estimate of drug-likeness (QED) is 0.600. The molecule has 0 saturated heterocycles. The summed E-state index contributed by atoms with van der Waals surface area (Å²) in [6, 6.07) is 20.3. The molecule has 0 radical (unpaired) electrons. The summed E-state index contributed by atoms with van der Waals surface area (Å²) >= 11 is 0. The van der Waals surface area contributed by atoms with Crippen molar-refractivity contribution >= 4 is 27.3 Å². The SMILES string of the molecule is COc1ccc(S(=O)(=O)N(C)C)cc1NC(=O)c1ccc(N2CCc3ccccc3C2)cc1. The molecule has 1 amide bonds. The van der Waals surface area contributed by atoms with Crippen molar-refractivity contribution in [2.45, 2.75) is 17.9 Å². The van der Waals surface area contributed by atoms with E-state index in [1.54, 1.807) is 12.1 Å². The molecule has 0 bridgehead atoms. The first-order valence-corrected chi connectivity index (χ1v) is 12.1. The smallest absolute Gasteiger partial charge is 0.255 e. The van der Waals surface area contributed by atoms with Gasteiger partial charge in [0.05, 0.1) is 17.7 Å². The second kappa shape index (κ2) is 9.25. The van der Waals surface area contributed by atoms with Crippen molar-refractivity contribution in [3.05, 3.63) is 83.4 Å². The van der Waals surface area contributed by atoms with Crippen molar-refractivity contribution in [2.75, 3.05) is 38.0 Å². The molecule has 3 aromatic carbocycles. The highest BCUT2D eigenvalue weighted by molar-refractivity contribution is 7.89. The van der Waals surface area contributed by atoms with Crippen LogP contribution in [0.2, 0.25) is 0 Å². The average molecular weight is 466 g/mol. The summed E-state index contributed by atoms with van der Waals surface area (Å²) in [5, 5.41) is 2.78. The molecule has 172 valence electrons. The van der Waals surface area contributed by atoms with Gasteiger partial charge < -0.3 is 15.0 Å². The molecule has 3 aromatic rings. The predicted octanol–water partition coefficient (Wildman–Crippen LogP) is 3.76. The van der Waals surface area contributed by atoms with Gasteiger partial charge in [-0.05, 0) is 60.0 Å². The van der Waals surface area contributed by atoms with Crippen LogP contribution in [0.3, 0.4) is 0 Å². The highest BCUT2D eigenvalue weighted by Crippen LogP contribution is 2.29. The number of amides is 1. The lowest BCUT2D eigenvalue weighted by atomic mass is 9.99. The van der Waals surface area contributed by atoms with Gasteiger partial charge in [0.25, 0.3) is 5.91 Å². The third kappa shape index (κ3) is 4.72. The molecule has 1 N–H and O–H groups in total. The van der Waals surface area contributed by atoms with Gasteiger partial charge in [-0.25, -0.2) is 12.7 Å². The molecule has 8 heteroatoms. The van der Waals surface area contributed by atoms with Gasteiger partial charge in [-0.1, -0.05) is 24.3 Å². The summed E-state index contributed by atoms with van der Waals surface area (Å²) < 4.78 is 31.4. The fourth-order valence-corrected chi connectivity index (χ4v) is 4.82. The Morgan fingerprint density at radius 1 is 1.00 bits per heavy atom. The van der Waals surface area contributed by atoms with Gasteiger partial charge in [0.2, 0.25) is 10.0 Å². The van der Waals surface area contributed by atoms with Crippen molar-refractivity contribution in [2.24, 2.45) is 0 Å². The normalized spacial score (nSPS) is 13.5. The Morgan fingerprint density at radius 2 is 1.70 bits per heavy atom. The molecule has 1 aliphatic heterocycles. The lowest BCUT2D eigenvalue weighted by Crippen LogP contribution is -2.30. The number of carbonyl (C=O) groups is 1. The van der Waals surface area contributed by atoms with Gasteiger partial charge in [-0.2, -0.15) is 0 Å². The summed E-state index contributed by atoms with van der Waals surface area (Å²) in [6.45, 7) is 1.76. The van der Waals surface area contributed by atoms with E-state index in [2.05, 4.69) is 34.5 Å². The van der Waals surface area contributed by atoms with Gasteiger partial charge in [-0.15, -0.1) is 0 Å². The zero-order chi connectivity index (χ0) is 23.6. The number of nitrogens with zero attached hydrogens (tertiary/aromatic N) is 2. The zero-order valence-electron chi connectivity index (χ0n) is 18.9. The lowest BCUT2D eigenvalue weighted by molar-refractivity contribution is 0.102. The Labute approximate surface area is 194 Å². The van der Waals surface area contributed by atoms with Crippen LogP contribution in [0, 0.1) is 0 Å². The molecule has 1 aliphatic rings. The minimum atomic E-state index is -3.64. The van der Waals surface area contributed by atoms with Gasteiger partial charge in [0, 0.05) is 38.4 Å². The summed E-state index contributed by atoms with van der Waals surface area (Å²) in [5.41, 5.74) is 4.53. The maximum atomic E-state index is 12.9. The minimum absolute atomic E-state index is 0.0735. The van der Waals surface area contributed by atoms with Crippen LogP contribution in [0.5, 0.6) is 5.75 Å². The number of benzene rings is 3. The number of hydrogen-bond acceptors (Lipinski definition) is 5. The Bertz CT molecular complexity index is 1270. The van der Waals surface area contributed by atoms with Crippen molar-refractivity contribution in [3.63, 3.8) is 0 Å². The molecule has 0 unspecified atom stereocenters. The molecular formula is C25H27N3O4S. The first-order valence-electron chi connectivity index (χ1n) is 10.6. The van der Waals surface area contributed by atoms with Crippen molar-refractivity contribution < 1.29 is 17.9 Å². The number of rotatable bonds is 6. The summed E-state index contributed by atoms with van der Waals surface area (Å²) in [7, 11) is 0.743. The number of carbonyl (C=O) groups excluding carboxylic acids is 1. The fourth-order valence-electron chi connectivity index (χ4n) is 3.89. The Kier molecular flexibility index (Phi) is 6.40. The van der Waals surface area contributed by atoms with Crippen LogP contribution in [-0.2, 0) is 23.0 Å². The van der Waals surface area contributed by atoms with E-state index in [0.717, 1.165) is 29.5 Å². The van der Waals surface area contributed by atoms with E-state index in [0.29, 0.717) is 17.0 Å². The first kappa shape index (κ1) is 22.8.